The van der Waals surface area contributed by atoms with Crippen LogP contribution in [0, 0.1) is 13.8 Å². The zero-order valence-corrected chi connectivity index (χ0v) is 9.29. The van der Waals surface area contributed by atoms with Crippen LogP contribution in [0.15, 0.2) is 6.33 Å². The molecule has 15 heavy (non-hydrogen) atoms. The van der Waals surface area contributed by atoms with Gasteiger partial charge in [0.05, 0.1) is 0 Å². The highest BCUT2D eigenvalue weighted by Gasteiger charge is 2.15. The third-order valence-corrected chi connectivity index (χ3v) is 2.87. The Balaban J connectivity index is 1.95. The lowest BCUT2D eigenvalue weighted by atomic mass is 10.2. The van der Waals surface area contributed by atoms with Gasteiger partial charge in [0, 0.05) is 17.3 Å². The Bertz CT molecular complexity index is 335. The van der Waals surface area contributed by atoms with Crippen molar-refractivity contribution in [2.24, 2.45) is 0 Å². The van der Waals surface area contributed by atoms with Gasteiger partial charge >= 0.3 is 0 Å². The van der Waals surface area contributed by atoms with Crippen LogP contribution < -0.4 is 10.1 Å². The van der Waals surface area contributed by atoms with E-state index < -0.39 is 0 Å². The van der Waals surface area contributed by atoms with Gasteiger partial charge in [0.1, 0.15) is 12.9 Å². The molecule has 2 heterocycles. The summed E-state index contributed by atoms with van der Waals surface area (Å²) in [5, 5.41) is 3.39. The molecule has 0 radical (unpaired) electrons. The number of hydrogen-bond acceptors (Lipinski definition) is 4. The van der Waals surface area contributed by atoms with Crippen molar-refractivity contribution in [1.82, 2.24) is 15.3 Å². The summed E-state index contributed by atoms with van der Waals surface area (Å²) in [5.41, 5.74) is 2.02. The topological polar surface area (TPSA) is 47.0 Å². The molecule has 0 aromatic carbocycles. The Morgan fingerprint density at radius 1 is 1.47 bits per heavy atom. The molecule has 1 unspecified atom stereocenters. The molecule has 1 atom stereocenters. The number of aromatic nitrogens is 2. The molecule has 82 valence electrons. The Hall–Kier alpha value is -1.16. The summed E-state index contributed by atoms with van der Waals surface area (Å²) in [6, 6.07) is 0.486. The van der Waals surface area contributed by atoms with Crippen LogP contribution in [0.3, 0.4) is 0 Å². The predicted molar refractivity (Wildman–Crippen MR) is 58.0 cm³/mol. The first-order valence-electron chi connectivity index (χ1n) is 5.42. The SMILES string of the molecule is Cc1ncnc(OCC2CCCN2)c1C. The highest BCUT2D eigenvalue weighted by Crippen LogP contribution is 2.16. The molecular formula is C11H17N3O. The van der Waals surface area contributed by atoms with Gasteiger partial charge in [-0.1, -0.05) is 0 Å². The molecule has 1 N–H and O–H groups in total. The van der Waals surface area contributed by atoms with E-state index in [4.69, 9.17) is 4.74 Å². The average molecular weight is 207 g/mol. The Morgan fingerprint density at radius 3 is 3.07 bits per heavy atom. The summed E-state index contributed by atoms with van der Waals surface area (Å²) in [6.07, 6.45) is 4.00. The number of ether oxygens (including phenoxy) is 1. The van der Waals surface area contributed by atoms with Gasteiger partial charge in [-0.05, 0) is 33.2 Å². The van der Waals surface area contributed by atoms with Crippen molar-refractivity contribution in [2.45, 2.75) is 32.7 Å². The molecule has 1 aliphatic heterocycles. The highest BCUT2D eigenvalue weighted by atomic mass is 16.5. The summed E-state index contributed by atoms with van der Waals surface area (Å²) in [4.78, 5) is 8.25. The smallest absolute Gasteiger partial charge is 0.219 e. The van der Waals surface area contributed by atoms with Crippen molar-refractivity contribution >= 4 is 0 Å². The second kappa shape index (κ2) is 4.57. The fourth-order valence-electron chi connectivity index (χ4n) is 1.74. The molecule has 1 fully saturated rings. The highest BCUT2D eigenvalue weighted by molar-refractivity contribution is 5.26. The molecule has 0 amide bonds. The van der Waals surface area contributed by atoms with Crippen molar-refractivity contribution in [3.8, 4) is 5.88 Å². The van der Waals surface area contributed by atoms with Crippen molar-refractivity contribution in [3.63, 3.8) is 0 Å². The molecule has 0 saturated carbocycles. The number of hydrogen-bond donors (Lipinski definition) is 1. The molecule has 0 bridgehead atoms. The lowest BCUT2D eigenvalue weighted by molar-refractivity contribution is 0.265. The normalized spacial score (nSPS) is 20.5. The molecule has 1 aliphatic rings. The molecule has 4 nitrogen and oxygen atoms in total. The molecule has 4 heteroatoms. The first-order valence-corrected chi connectivity index (χ1v) is 5.42. The van der Waals surface area contributed by atoms with Gasteiger partial charge in [-0.15, -0.1) is 0 Å². The lowest BCUT2D eigenvalue weighted by Gasteiger charge is -2.13. The minimum atomic E-state index is 0.486. The summed E-state index contributed by atoms with van der Waals surface area (Å²) in [7, 11) is 0. The summed E-state index contributed by atoms with van der Waals surface area (Å²) in [5.74, 6) is 0.719. The lowest BCUT2D eigenvalue weighted by Crippen LogP contribution is -2.28. The minimum absolute atomic E-state index is 0.486. The van der Waals surface area contributed by atoms with Gasteiger partial charge in [0.2, 0.25) is 5.88 Å². The van der Waals surface area contributed by atoms with Crippen LogP contribution in [0.5, 0.6) is 5.88 Å². The Kier molecular flexibility index (Phi) is 3.16. The van der Waals surface area contributed by atoms with Crippen LogP contribution >= 0.6 is 0 Å². The number of nitrogens with one attached hydrogen (secondary N) is 1. The molecular weight excluding hydrogens is 190 g/mol. The summed E-state index contributed by atoms with van der Waals surface area (Å²) >= 11 is 0. The van der Waals surface area contributed by atoms with E-state index in [1.54, 1.807) is 6.33 Å². The van der Waals surface area contributed by atoms with E-state index in [0.717, 1.165) is 23.7 Å². The second-order valence-electron chi connectivity index (χ2n) is 3.99. The van der Waals surface area contributed by atoms with Crippen LogP contribution in [0.1, 0.15) is 24.1 Å². The van der Waals surface area contributed by atoms with E-state index in [9.17, 15) is 0 Å². The van der Waals surface area contributed by atoms with E-state index in [1.165, 1.54) is 12.8 Å². The molecule has 0 spiro atoms. The third-order valence-electron chi connectivity index (χ3n) is 2.87. The van der Waals surface area contributed by atoms with E-state index in [2.05, 4.69) is 15.3 Å². The maximum atomic E-state index is 5.69. The van der Waals surface area contributed by atoms with E-state index in [-0.39, 0.29) is 0 Å². The van der Waals surface area contributed by atoms with Crippen molar-refractivity contribution in [1.29, 1.82) is 0 Å². The molecule has 1 saturated heterocycles. The predicted octanol–water partition coefficient (Wildman–Crippen LogP) is 1.22. The van der Waals surface area contributed by atoms with Gasteiger partial charge in [0.25, 0.3) is 0 Å². The van der Waals surface area contributed by atoms with Crippen molar-refractivity contribution in [3.05, 3.63) is 17.6 Å². The van der Waals surface area contributed by atoms with Crippen LogP contribution in [0.4, 0.5) is 0 Å². The first kappa shape index (κ1) is 10.4. The quantitative estimate of drug-likeness (QED) is 0.809. The molecule has 1 aromatic heterocycles. The average Bonchev–Trinajstić information content (AvgIpc) is 2.73. The van der Waals surface area contributed by atoms with E-state index in [0.29, 0.717) is 12.6 Å². The number of rotatable bonds is 3. The standard InChI is InChI=1S/C11H17N3O/c1-8-9(2)13-7-14-11(8)15-6-10-4-3-5-12-10/h7,10,12H,3-6H2,1-2H3. The monoisotopic (exact) mass is 207 g/mol. The van der Waals surface area contributed by atoms with E-state index >= 15 is 0 Å². The molecule has 1 aromatic rings. The third kappa shape index (κ3) is 2.45. The fourth-order valence-corrected chi connectivity index (χ4v) is 1.74. The largest absolute Gasteiger partial charge is 0.476 e. The van der Waals surface area contributed by atoms with Crippen LogP contribution in [-0.4, -0.2) is 29.2 Å². The second-order valence-corrected chi connectivity index (χ2v) is 3.99. The van der Waals surface area contributed by atoms with Gasteiger partial charge < -0.3 is 10.1 Å². The summed E-state index contributed by atoms with van der Waals surface area (Å²) < 4.78 is 5.69. The Morgan fingerprint density at radius 2 is 2.33 bits per heavy atom. The van der Waals surface area contributed by atoms with Gasteiger partial charge in [-0.3, -0.25) is 0 Å². The van der Waals surface area contributed by atoms with Gasteiger partial charge in [0.15, 0.2) is 0 Å². The Labute approximate surface area is 90.1 Å². The van der Waals surface area contributed by atoms with Crippen LogP contribution in [0.2, 0.25) is 0 Å². The van der Waals surface area contributed by atoms with Gasteiger partial charge in [-0.2, -0.15) is 0 Å². The first-order chi connectivity index (χ1) is 7.27. The van der Waals surface area contributed by atoms with Gasteiger partial charge in [-0.25, -0.2) is 9.97 Å². The van der Waals surface area contributed by atoms with Crippen LogP contribution in [-0.2, 0) is 0 Å². The molecule has 2 rings (SSSR count). The fraction of sp³-hybridized carbons (Fsp3) is 0.636. The maximum Gasteiger partial charge on any atom is 0.219 e. The van der Waals surface area contributed by atoms with Crippen molar-refractivity contribution in [2.75, 3.05) is 13.2 Å². The number of aryl methyl sites for hydroxylation is 1. The zero-order chi connectivity index (χ0) is 10.7. The minimum Gasteiger partial charge on any atom is -0.476 e. The molecule has 0 aliphatic carbocycles. The summed E-state index contributed by atoms with van der Waals surface area (Å²) in [6.45, 7) is 5.78. The number of nitrogens with zero attached hydrogens (tertiary/aromatic N) is 2. The van der Waals surface area contributed by atoms with Crippen LogP contribution in [0.25, 0.3) is 0 Å². The van der Waals surface area contributed by atoms with Crippen molar-refractivity contribution < 1.29 is 4.74 Å². The van der Waals surface area contributed by atoms with E-state index in [1.807, 2.05) is 13.8 Å². The zero-order valence-electron chi connectivity index (χ0n) is 9.29. The maximum absolute atomic E-state index is 5.69.